The minimum Gasteiger partial charge on any atom is -0.508 e. The predicted molar refractivity (Wildman–Crippen MR) is 268 cm³/mol. The molecule has 4 rings (SSSR count). The van der Waals surface area contributed by atoms with E-state index in [-0.39, 0.29) is 43.7 Å². The minimum absolute atomic E-state index is 0.00989. The molecule has 1 aromatic rings. The summed E-state index contributed by atoms with van der Waals surface area (Å²) in [6.07, 6.45) is -3.36. The molecular formula is C51H82N8O15. The molecule has 2 unspecified atom stereocenters. The highest BCUT2D eigenvalue weighted by Gasteiger charge is 2.50. The van der Waals surface area contributed by atoms with E-state index in [0.29, 0.717) is 18.3 Å². The van der Waals surface area contributed by atoms with E-state index >= 15 is 0 Å². The average molecular weight is 1050 g/mol. The number of nitrogens with one attached hydrogen (secondary N) is 5. The molecule has 0 bridgehead atoms. The number of carbonyl (C=O) groups is 8. The first kappa shape index (κ1) is 61.1. The van der Waals surface area contributed by atoms with Gasteiger partial charge in [0.2, 0.25) is 47.3 Å². The fourth-order valence-corrected chi connectivity index (χ4v) is 9.97. The van der Waals surface area contributed by atoms with E-state index in [1.165, 1.54) is 45.2 Å². The quantitative estimate of drug-likeness (QED) is 0.0670. The van der Waals surface area contributed by atoms with Crippen molar-refractivity contribution in [3.63, 3.8) is 0 Å². The number of nitrogens with zero attached hydrogens (tertiary/aromatic N) is 2. The number of fused-ring (bicyclic) bond motifs is 2. The Morgan fingerprint density at radius 2 is 1.38 bits per heavy atom. The van der Waals surface area contributed by atoms with Crippen molar-refractivity contribution in [3.8, 4) is 5.75 Å². The van der Waals surface area contributed by atoms with Crippen LogP contribution in [0.5, 0.6) is 5.75 Å². The normalized spacial score (nSPS) is 28.2. The van der Waals surface area contributed by atoms with E-state index in [4.69, 9.17) is 5.73 Å². The van der Waals surface area contributed by atoms with Gasteiger partial charge in [0.05, 0.1) is 30.8 Å². The van der Waals surface area contributed by atoms with E-state index in [1.54, 1.807) is 0 Å². The Bertz CT molecular complexity index is 2060. The van der Waals surface area contributed by atoms with E-state index in [1.807, 2.05) is 0 Å². The van der Waals surface area contributed by atoms with Crippen LogP contribution in [0.2, 0.25) is 0 Å². The van der Waals surface area contributed by atoms with Crippen LogP contribution in [-0.2, 0) is 38.4 Å². The molecule has 23 nitrogen and oxygen atoms in total. The number of nitrogens with two attached hydrogens (primary N) is 1. The van der Waals surface area contributed by atoms with Crippen molar-refractivity contribution in [1.29, 1.82) is 0 Å². The Kier molecular flexibility index (Phi) is 23.9. The summed E-state index contributed by atoms with van der Waals surface area (Å²) < 4.78 is 0. The zero-order chi connectivity index (χ0) is 55.0. The molecule has 3 aliphatic rings. The summed E-state index contributed by atoms with van der Waals surface area (Å²) in [6, 6.07) is -6.12. The Hall–Kier alpha value is -5.46. The molecule has 0 aromatic heterocycles. The second-order valence-corrected chi connectivity index (χ2v) is 20.8. The number of benzene rings is 1. The number of hydrogen-bond donors (Lipinski definition) is 13. The molecule has 3 fully saturated rings. The highest BCUT2D eigenvalue weighted by molar-refractivity contribution is 5.98. The molecule has 3 aliphatic heterocycles. The molecule has 74 heavy (non-hydrogen) atoms. The standard InChI is InChI=1S/C51H82N8O15/c1-6-27(2)22-28(3)14-11-9-7-8-10-12-16-38(65)54-34-15-13-21-53-49(72)42-43(66)29(4)25-59(42)51(74)40(36(63)24-37(52)64)56-48(71)41(45(68)44(67)31-17-19-32(61)20-18-31)57-47(70)35-23-33(62)26-58(35)50(73)39(30(5)60)55-46(34)69/h17-20,27-30,33-36,39-45,60-63,66-68H,6-16,21-26H2,1-5H3,(H2,52,64)(H,53,72)(H,54,65)(H,55,69)(H,56,71)(H,57,70)/t27?,28?,29-,30+,33+,34+,35-,36+,39-,40-,41-,42-,43-,44-,45-/m0/s1. The largest absolute Gasteiger partial charge is 0.508 e. The van der Waals surface area contributed by atoms with Gasteiger partial charge in [-0.15, -0.1) is 0 Å². The monoisotopic (exact) mass is 1050 g/mol. The lowest BCUT2D eigenvalue weighted by Gasteiger charge is -2.34. The molecule has 3 saturated heterocycles. The number of aromatic hydroxyl groups is 1. The third kappa shape index (κ3) is 17.3. The first-order chi connectivity index (χ1) is 34.9. The van der Waals surface area contributed by atoms with Gasteiger partial charge in [-0.1, -0.05) is 84.8 Å². The van der Waals surface area contributed by atoms with Gasteiger partial charge in [0.1, 0.15) is 54.2 Å². The second kappa shape index (κ2) is 29.0. The van der Waals surface area contributed by atoms with E-state index in [2.05, 4.69) is 47.4 Å². The Morgan fingerprint density at radius 3 is 2.01 bits per heavy atom. The first-order valence-corrected chi connectivity index (χ1v) is 26.2. The van der Waals surface area contributed by atoms with Gasteiger partial charge in [-0.05, 0) is 62.1 Å². The van der Waals surface area contributed by atoms with E-state index in [9.17, 15) is 74.1 Å². The fourth-order valence-electron chi connectivity index (χ4n) is 9.97. The Balaban J connectivity index is 1.66. The van der Waals surface area contributed by atoms with Gasteiger partial charge in [0, 0.05) is 38.4 Å². The van der Waals surface area contributed by atoms with Crippen LogP contribution in [0, 0.1) is 17.8 Å². The zero-order valence-electron chi connectivity index (χ0n) is 43.4. The number of carbonyl (C=O) groups excluding carboxylic acids is 8. The van der Waals surface area contributed by atoms with Crippen molar-refractivity contribution in [3.05, 3.63) is 29.8 Å². The van der Waals surface area contributed by atoms with Gasteiger partial charge >= 0.3 is 0 Å². The maximum atomic E-state index is 14.5. The maximum absolute atomic E-state index is 14.5. The molecular weight excluding hydrogens is 965 g/mol. The SMILES string of the molecule is CCC(C)CC(C)CCCCCCCCC(=O)N[C@@H]1CCCNC(=O)[C@@H]2[C@@H](O)[C@@H](C)CN2C(=O)[C@H]([C@H](O)CC(N)=O)NC(=O)[C@H]([C@H](O)[C@@H](O)c2ccc(O)cc2)NC(=O)[C@@H]2C[C@@H](O)CN2C(=O)[C@H]([C@@H](C)O)NC1=O. The molecule has 0 radical (unpaired) electrons. The maximum Gasteiger partial charge on any atom is 0.248 e. The van der Waals surface area contributed by atoms with E-state index in [0.717, 1.165) is 54.0 Å². The first-order valence-electron chi connectivity index (χ1n) is 26.2. The summed E-state index contributed by atoms with van der Waals surface area (Å²) in [5, 5.41) is 89.5. The number of primary amides is 1. The second-order valence-electron chi connectivity index (χ2n) is 20.8. The lowest BCUT2D eigenvalue weighted by Crippen LogP contribution is -2.64. The molecule has 0 saturated carbocycles. The van der Waals surface area contributed by atoms with Crippen LogP contribution in [-0.4, -0.2) is 179 Å². The average Bonchev–Trinajstić information content (AvgIpc) is 3.89. The summed E-state index contributed by atoms with van der Waals surface area (Å²) in [5.41, 5.74) is 5.29. The predicted octanol–water partition coefficient (Wildman–Crippen LogP) is -1.38. The summed E-state index contributed by atoms with van der Waals surface area (Å²) in [5.74, 6) is -7.91. The Morgan fingerprint density at radius 1 is 0.770 bits per heavy atom. The molecule has 23 heteroatoms. The molecule has 1 aromatic carbocycles. The van der Waals surface area contributed by atoms with Crippen LogP contribution in [0.3, 0.4) is 0 Å². The molecule has 14 N–H and O–H groups in total. The van der Waals surface area contributed by atoms with Gasteiger partial charge in [-0.3, -0.25) is 38.4 Å². The number of rotatable bonds is 20. The van der Waals surface area contributed by atoms with Crippen molar-refractivity contribution in [1.82, 2.24) is 36.4 Å². The fraction of sp³-hybridized carbons (Fsp3) is 0.725. The number of hydrogen-bond acceptors (Lipinski definition) is 15. The van der Waals surface area contributed by atoms with E-state index < -0.39 is 145 Å². The van der Waals surface area contributed by atoms with Crippen molar-refractivity contribution in [2.24, 2.45) is 23.5 Å². The number of phenols is 1. The van der Waals surface area contributed by atoms with Crippen molar-refractivity contribution >= 4 is 47.3 Å². The van der Waals surface area contributed by atoms with Gasteiger partial charge in [0.25, 0.3) is 0 Å². The number of aliphatic hydroxyl groups is 6. The molecule has 0 aliphatic carbocycles. The third-order valence-corrected chi connectivity index (χ3v) is 14.5. The zero-order valence-corrected chi connectivity index (χ0v) is 43.4. The topological polar surface area (TPSA) is 371 Å². The number of unbranched alkanes of at least 4 members (excludes halogenated alkanes) is 5. The molecule has 15 atom stereocenters. The highest BCUT2D eigenvalue weighted by atomic mass is 16.3. The summed E-state index contributed by atoms with van der Waals surface area (Å²) >= 11 is 0. The van der Waals surface area contributed by atoms with Crippen LogP contribution in [0.15, 0.2) is 24.3 Å². The van der Waals surface area contributed by atoms with Gasteiger partial charge in [0.15, 0.2) is 0 Å². The van der Waals surface area contributed by atoms with Crippen LogP contribution >= 0.6 is 0 Å². The molecule has 416 valence electrons. The third-order valence-electron chi connectivity index (χ3n) is 14.5. The van der Waals surface area contributed by atoms with Crippen LogP contribution < -0.4 is 32.3 Å². The highest BCUT2D eigenvalue weighted by Crippen LogP contribution is 2.28. The van der Waals surface area contributed by atoms with Crippen LogP contribution in [0.4, 0.5) is 0 Å². The van der Waals surface area contributed by atoms with Crippen LogP contribution in [0.25, 0.3) is 0 Å². The number of amides is 8. The van der Waals surface area contributed by atoms with Gasteiger partial charge in [-0.25, -0.2) is 0 Å². The van der Waals surface area contributed by atoms with Crippen molar-refractivity contribution in [2.75, 3.05) is 19.6 Å². The summed E-state index contributed by atoms with van der Waals surface area (Å²) in [7, 11) is 0. The van der Waals surface area contributed by atoms with Gasteiger partial charge in [-0.2, -0.15) is 0 Å². The lowest BCUT2D eigenvalue weighted by molar-refractivity contribution is -0.148. The molecule has 3 heterocycles. The smallest absolute Gasteiger partial charge is 0.248 e. The summed E-state index contributed by atoms with van der Waals surface area (Å²) in [6.45, 7) is 8.48. The van der Waals surface area contributed by atoms with Gasteiger partial charge < -0.3 is 77.9 Å². The molecule has 0 spiro atoms. The summed E-state index contributed by atoms with van der Waals surface area (Å²) in [4.78, 5) is 113. The Labute approximate surface area is 432 Å². The number of aliphatic hydroxyl groups excluding tert-OH is 6. The van der Waals surface area contributed by atoms with Crippen molar-refractivity contribution in [2.45, 2.75) is 197 Å². The molecule has 8 amide bonds. The van der Waals surface area contributed by atoms with Crippen LogP contribution in [0.1, 0.15) is 136 Å². The number of phenolic OH excluding ortho intramolecular Hbond substituents is 1. The lowest BCUT2D eigenvalue weighted by atomic mass is 9.91. The minimum atomic E-state index is -2.31. The van der Waals surface area contributed by atoms with Crippen molar-refractivity contribution < 1.29 is 74.1 Å².